The van der Waals surface area contributed by atoms with Gasteiger partial charge in [0.2, 0.25) is 0 Å². The van der Waals surface area contributed by atoms with Gasteiger partial charge in [0.15, 0.2) is 0 Å². The van der Waals surface area contributed by atoms with E-state index in [0.717, 1.165) is 67.1 Å². The van der Waals surface area contributed by atoms with Crippen LogP contribution in [-0.4, -0.2) is 73.9 Å². The van der Waals surface area contributed by atoms with Gasteiger partial charge in [-0.25, -0.2) is 4.98 Å². The summed E-state index contributed by atoms with van der Waals surface area (Å²) in [7, 11) is 0. The van der Waals surface area contributed by atoms with Crippen molar-refractivity contribution in [3.05, 3.63) is 48.5 Å². The minimum atomic E-state index is 0.665. The van der Waals surface area contributed by atoms with Crippen LogP contribution >= 0.6 is 11.3 Å². The average Bonchev–Trinajstić information content (AvgIpc) is 3.28. The molecule has 5 rings (SSSR count). The van der Waals surface area contributed by atoms with Crippen molar-refractivity contribution < 1.29 is 14.2 Å². The van der Waals surface area contributed by atoms with Crippen LogP contribution in [0.25, 0.3) is 10.2 Å². The van der Waals surface area contributed by atoms with E-state index in [1.165, 1.54) is 38.9 Å². The van der Waals surface area contributed by atoms with Crippen molar-refractivity contribution in [1.82, 2.24) is 14.8 Å². The van der Waals surface area contributed by atoms with Gasteiger partial charge >= 0.3 is 0 Å². The third-order valence-electron chi connectivity index (χ3n) is 6.64. The number of thiazole rings is 1. The molecule has 0 N–H and O–H groups in total. The van der Waals surface area contributed by atoms with E-state index in [1.54, 1.807) is 11.3 Å². The number of fused-ring (bicyclic) bond motifs is 1. The minimum Gasteiger partial charge on any atom is -0.492 e. The van der Waals surface area contributed by atoms with Crippen molar-refractivity contribution in [3.63, 3.8) is 0 Å². The highest BCUT2D eigenvalue weighted by Crippen LogP contribution is 2.31. The Morgan fingerprint density at radius 2 is 1.61 bits per heavy atom. The molecule has 33 heavy (non-hydrogen) atoms. The Balaban J connectivity index is 0.994. The maximum atomic E-state index is 5.99. The number of aromatic nitrogens is 1. The number of hydrogen-bond acceptors (Lipinski definition) is 7. The van der Waals surface area contributed by atoms with Crippen molar-refractivity contribution >= 4 is 21.6 Å². The molecular weight excluding hydrogens is 434 g/mol. The summed E-state index contributed by atoms with van der Waals surface area (Å²) in [5, 5.41) is 0.665. The van der Waals surface area contributed by atoms with Gasteiger partial charge < -0.3 is 14.2 Å². The quantitative estimate of drug-likeness (QED) is 0.446. The normalized spacial score (nSPS) is 18.5. The molecule has 0 unspecified atom stereocenters. The molecule has 2 aliphatic heterocycles. The largest absolute Gasteiger partial charge is 0.492 e. The molecule has 0 saturated carbocycles. The van der Waals surface area contributed by atoms with Crippen LogP contribution in [0.4, 0.5) is 0 Å². The van der Waals surface area contributed by atoms with Gasteiger partial charge in [-0.05, 0) is 81.2 Å². The second-order valence-electron chi connectivity index (χ2n) is 8.90. The fourth-order valence-corrected chi connectivity index (χ4v) is 5.42. The van der Waals surface area contributed by atoms with Crippen LogP contribution < -0.4 is 9.47 Å². The van der Waals surface area contributed by atoms with Crippen LogP contribution in [-0.2, 0) is 4.74 Å². The average molecular weight is 468 g/mol. The molecule has 0 spiro atoms. The minimum absolute atomic E-state index is 0.665. The lowest BCUT2D eigenvalue weighted by Gasteiger charge is -2.33. The first-order chi connectivity index (χ1) is 16.3. The molecular formula is C26H33N3O3S. The summed E-state index contributed by atoms with van der Waals surface area (Å²) in [6.07, 6.45) is 3.94. The molecule has 2 aliphatic rings. The Labute approximate surface area is 200 Å². The highest BCUT2D eigenvalue weighted by Gasteiger charge is 2.20. The summed E-state index contributed by atoms with van der Waals surface area (Å²) in [6.45, 7) is 9.32. The van der Waals surface area contributed by atoms with Crippen LogP contribution in [0.3, 0.4) is 0 Å². The number of para-hydroxylation sites is 1. The number of likely N-dealkylation sites (tertiary alicyclic amines) is 1. The van der Waals surface area contributed by atoms with Crippen LogP contribution in [0.1, 0.15) is 19.3 Å². The number of piperidine rings is 1. The van der Waals surface area contributed by atoms with Gasteiger partial charge in [-0.1, -0.05) is 23.5 Å². The predicted octanol–water partition coefficient (Wildman–Crippen LogP) is 4.90. The number of ether oxygens (including phenoxy) is 3. The van der Waals surface area contributed by atoms with Gasteiger partial charge in [-0.15, -0.1) is 0 Å². The van der Waals surface area contributed by atoms with E-state index in [0.29, 0.717) is 5.19 Å². The molecule has 1 aromatic heterocycles. The lowest BCUT2D eigenvalue weighted by Crippen LogP contribution is -2.39. The van der Waals surface area contributed by atoms with Gasteiger partial charge in [0.1, 0.15) is 18.1 Å². The van der Waals surface area contributed by atoms with E-state index in [-0.39, 0.29) is 0 Å². The zero-order valence-corrected chi connectivity index (χ0v) is 20.0. The Morgan fingerprint density at radius 3 is 2.39 bits per heavy atom. The first kappa shape index (κ1) is 22.6. The molecule has 176 valence electrons. The van der Waals surface area contributed by atoms with Gasteiger partial charge in [-0.2, -0.15) is 0 Å². The number of morpholine rings is 1. The van der Waals surface area contributed by atoms with E-state index in [2.05, 4.69) is 20.9 Å². The van der Waals surface area contributed by atoms with Crippen LogP contribution in [0.5, 0.6) is 16.7 Å². The van der Waals surface area contributed by atoms with E-state index in [1.807, 2.05) is 42.5 Å². The van der Waals surface area contributed by atoms with Crippen molar-refractivity contribution in [2.24, 2.45) is 5.92 Å². The van der Waals surface area contributed by atoms with E-state index in [4.69, 9.17) is 14.2 Å². The number of hydrogen-bond donors (Lipinski definition) is 0. The van der Waals surface area contributed by atoms with Gasteiger partial charge in [0.25, 0.3) is 5.19 Å². The summed E-state index contributed by atoms with van der Waals surface area (Å²) >= 11 is 1.56. The van der Waals surface area contributed by atoms with E-state index < -0.39 is 0 Å². The van der Waals surface area contributed by atoms with Crippen molar-refractivity contribution in [3.8, 4) is 16.7 Å². The molecule has 0 atom stereocenters. The zero-order valence-electron chi connectivity index (χ0n) is 19.2. The van der Waals surface area contributed by atoms with Crippen molar-refractivity contribution in [2.75, 3.05) is 59.1 Å². The Morgan fingerprint density at radius 1 is 0.879 bits per heavy atom. The first-order valence-corrected chi connectivity index (χ1v) is 12.9. The summed E-state index contributed by atoms with van der Waals surface area (Å²) in [6, 6.07) is 15.9. The second-order valence-corrected chi connectivity index (χ2v) is 9.89. The van der Waals surface area contributed by atoms with Crippen LogP contribution in [0.2, 0.25) is 0 Å². The Bertz CT molecular complexity index is 962. The molecule has 0 bridgehead atoms. The molecule has 3 heterocycles. The van der Waals surface area contributed by atoms with Crippen LogP contribution in [0.15, 0.2) is 48.5 Å². The molecule has 0 aliphatic carbocycles. The third kappa shape index (κ3) is 6.44. The SMILES string of the molecule is c1ccc2sc(Oc3ccc(OCCN4CCC(CCN5CCOCC5)CC4)cc3)nc2c1. The number of benzene rings is 2. The first-order valence-electron chi connectivity index (χ1n) is 12.1. The summed E-state index contributed by atoms with van der Waals surface area (Å²) in [5.74, 6) is 2.53. The Hall–Kier alpha value is -2.19. The van der Waals surface area contributed by atoms with Crippen molar-refractivity contribution in [2.45, 2.75) is 19.3 Å². The standard InChI is InChI=1S/C26H33N3O3S/c1-2-4-25-24(3-1)27-26(33-25)32-23-7-5-22(6-8-23)31-20-17-28-12-9-21(10-13-28)11-14-29-15-18-30-19-16-29/h1-8,21H,9-20H2. The number of rotatable bonds is 9. The molecule has 0 radical (unpaired) electrons. The number of nitrogens with zero attached hydrogens (tertiary/aromatic N) is 3. The van der Waals surface area contributed by atoms with Gasteiger partial charge in [0.05, 0.1) is 23.4 Å². The molecule has 7 heteroatoms. The molecule has 0 amide bonds. The Kier molecular flexibility index (Phi) is 7.73. The monoisotopic (exact) mass is 467 g/mol. The third-order valence-corrected chi connectivity index (χ3v) is 7.56. The van der Waals surface area contributed by atoms with E-state index >= 15 is 0 Å². The fourth-order valence-electron chi connectivity index (χ4n) is 4.58. The van der Waals surface area contributed by atoms with Gasteiger partial charge in [-0.3, -0.25) is 9.80 Å². The summed E-state index contributed by atoms with van der Waals surface area (Å²) in [4.78, 5) is 9.62. The zero-order chi connectivity index (χ0) is 22.3. The predicted molar refractivity (Wildman–Crippen MR) is 133 cm³/mol. The van der Waals surface area contributed by atoms with Crippen molar-refractivity contribution in [1.29, 1.82) is 0 Å². The molecule has 2 saturated heterocycles. The fraction of sp³-hybridized carbons (Fsp3) is 0.500. The maximum absolute atomic E-state index is 5.99. The molecule has 2 aromatic carbocycles. The van der Waals surface area contributed by atoms with Gasteiger partial charge in [0, 0.05) is 19.6 Å². The lowest BCUT2D eigenvalue weighted by molar-refractivity contribution is 0.0334. The molecule has 2 fully saturated rings. The highest BCUT2D eigenvalue weighted by atomic mass is 32.1. The smallest absolute Gasteiger partial charge is 0.279 e. The summed E-state index contributed by atoms with van der Waals surface area (Å²) < 4.78 is 18.5. The van der Waals surface area contributed by atoms with E-state index in [9.17, 15) is 0 Å². The second kappa shape index (κ2) is 11.3. The maximum Gasteiger partial charge on any atom is 0.279 e. The molecule has 6 nitrogen and oxygen atoms in total. The van der Waals surface area contributed by atoms with Crippen LogP contribution in [0, 0.1) is 5.92 Å². The topological polar surface area (TPSA) is 47.1 Å². The highest BCUT2D eigenvalue weighted by molar-refractivity contribution is 7.20. The lowest BCUT2D eigenvalue weighted by atomic mass is 9.93. The summed E-state index contributed by atoms with van der Waals surface area (Å²) in [5.41, 5.74) is 0.971. The molecule has 3 aromatic rings.